The number of ether oxygens (including phenoxy) is 1. The van der Waals surface area contributed by atoms with E-state index in [1.165, 1.54) is 0 Å². The zero-order valence-corrected chi connectivity index (χ0v) is 10.7. The van der Waals surface area contributed by atoms with Crippen molar-refractivity contribution in [1.29, 1.82) is 0 Å². The zero-order valence-electron chi connectivity index (χ0n) is 10.7. The van der Waals surface area contributed by atoms with Gasteiger partial charge in [-0.1, -0.05) is 30.3 Å². The fraction of sp³-hybridized carbons (Fsp3) is 0.429. The van der Waals surface area contributed by atoms with Crippen LogP contribution in [0.1, 0.15) is 24.8 Å². The smallest absolute Gasteiger partial charge is 0.416 e. The molecule has 1 saturated heterocycles. The third-order valence-corrected chi connectivity index (χ3v) is 3.16. The summed E-state index contributed by atoms with van der Waals surface area (Å²) in [4.78, 5) is 24.9. The Labute approximate surface area is 112 Å². The van der Waals surface area contributed by atoms with Gasteiger partial charge in [-0.3, -0.25) is 4.79 Å². The second-order valence-corrected chi connectivity index (χ2v) is 4.63. The Balaban J connectivity index is 1.93. The molecule has 0 spiro atoms. The first kappa shape index (κ1) is 13.5. The van der Waals surface area contributed by atoms with Crippen LogP contribution in [0, 0.1) is 0 Å². The van der Waals surface area contributed by atoms with Crippen molar-refractivity contribution in [2.75, 3.05) is 6.54 Å². The lowest BCUT2D eigenvalue weighted by molar-refractivity contribution is -0.130. The molecule has 1 aliphatic rings. The zero-order chi connectivity index (χ0) is 13.7. The minimum Gasteiger partial charge on any atom is -0.444 e. The third-order valence-electron chi connectivity index (χ3n) is 3.16. The average Bonchev–Trinajstić information content (AvgIpc) is 2.60. The molecule has 1 atom stereocenters. The maximum absolute atomic E-state index is 11.9. The number of nitrogens with zero attached hydrogens (tertiary/aromatic N) is 1. The highest BCUT2D eigenvalue weighted by atomic mass is 16.6. The van der Waals surface area contributed by atoms with E-state index in [1.807, 2.05) is 30.3 Å². The molecule has 0 saturated carbocycles. The number of rotatable bonds is 2. The molecular weight excluding hydrogens is 244 g/mol. The van der Waals surface area contributed by atoms with Crippen molar-refractivity contribution < 1.29 is 14.3 Å². The number of nitrogens with two attached hydrogens (primary N) is 1. The van der Waals surface area contributed by atoms with Crippen LogP contribution >= 0.6 is 0 Å². The van der Waals surface area contributed by atoms with Crippen LogP contribution in [0.4, 0.5) is 4.79 Å². The Hall–Kier alpha value is -1.88. The van der Waals surface area contributed by atoms with E-state index in [9.17, 15) is 9.59 Å². The summed E-state index contributed by atoms with van der Waals surface area (Å²) < 4.78 is 5.15. The van der Waals surface area contributed by atoms with Gasteiger partial charge in [0, 0.05) is 6.54 Å². The first-order valence-corrected chi connectivity index (χ1v) is 6.46. The van der Waals surface area contributed by atoms with Crippen molar-refractivity contribution in [3.05, 3.63) is 35.9 Å². The van der Waals surface area contributed by atoms with E-state index < -0.39 is 12.1 Å². The Bertz CT molecular complexity index is 447. The molecule has 0 unspecified atom stereocenters. The number of hydrogen-bond acceptors (Lipinski definition) is 4. The summed E-state index contributed by atoms with van der Waals surface area (Å²) in [6.07, 6.45) is 1.66. The van der Waals surface area contributed by atoms with Gasteiger partial charge in [-0.2, -0.15) is 0 Å². The van der Waals surface area contributed by atoms with Crippen molar-refractivity contribution in [3.63, 3.8) is 0 Å². The second kappa shape index (κ2) is 6.33. The number of likely N-dealkylation sites (tertiary alicyclic amines) is 1. The van der Waals surface area contributed by atoms with Gasteiger partial charge in [-0.05, 0) is 24.8 Å². The van der Waals surface area contributed by atoms with Gasteiger partial charge < -0.3 is 10.5 Å². The highest BCUT2D eigenvalue weighted by Gasteiger charge is 2.29. The summed E-state index contributed by atoms with van der Waals surface area (Å²) in [7, 11) is 0. The third kappa shape index (κ3) is 3.54. The Morgan fingerprint density at radius 3 is 2.79 bits per heavy atom. The number of hydrogen-bond donors (Lipinski definition) is 1. The lowest BCUT2D eigenvalue weighted by atomic mass is 10.1. The quantitative estimate of drug-likeness (QED) is 0.879. The maximum atomic E-state index is 11.9. The van der Waals surface area contributed by atoms with E-state index in [0.717, 1.165) is 23.3 Å². The summed E-state index contributed by atoms with van der Waals surface area (Å²) in [5.41, 5.74) is 6.61. The number of amides is 2. The standard InChI is InChI=1S/C14H18N2O3/c15-12-8-4-5-9-16(13(12)17)14(18)19-10-11-6-2-1-3-7-11/h1-3,6-7,12H,4-5,8-10,15H2/t12-/m0/s1. The minimum atomic E-state index is -0.605. The highest BCUT2D eigenvalue weighted by Crippen LogP contribution is 2.12. The summed E-state index contributed by atoms with van der Waals surface area (Å²) in [6, 6.07) is 8.77. The number of benzene rings is 1. The molecule has 0 bridgehead atoms. The van der Waals surface area contributed by atoms with Gasteiger partial charge in [0.2, 0.25) is 5.91 Å². The van der Waals surface area contributed by atoms with Crippen LogP contribution in [0.25, 0.3) is 0 Å². The molecule has 1 fully saturated rings. The van der Waals surface area contributed by atoms with E-state index in [1.54, 1.807) is 0 Å². The highest BCUT2D eigenvalue weighted by molar-refractivity contribution is 5.95. The summed E-state index contributed by atoms with van der Waals surface area (Å²) in [6.45, 7) is 0.554. The van der Waals surface area contributed by atoms with Crippen molar-refractivity contribution in [1.82, 2.24) is 4.90 Å². The van der Waals surface area contributed by atoms with Crippen molar-refractivity contribution in [3.8, 4) is 0 Å². The van der Waals surface area contributed by atoms with E-state index in [0.29, 0.717) is 13.0 Å². The van der Waals surface area contributed by atoms with Crippen molar-refractivity contribution in [2.45, 2.75) is 31.9 Å². The van der Waals surface area contributed by atoms with Gasteiger partial charge in [-0.15, -0.1) is 0 Å². The van der Waals surface area contributed by atoms with Crippen LogP contribution in [0.2, 0.25) is 0 Å². The molecule has 2 amide bonds. The molecule has 1 aromatic rings. The second-order valence-electron chi connectivity index (χ2n) is 4.63. The van der Waals surface area contributed by atoms with E-state index in [2.05, 4.69) is 0 Å². The maximum Gasteiger partial charge on any atom is 0.416 e. The number of carbonyl (C=O) groups is 2. The molecule has 19 heavy (non-hydrogen) atoms. The summed E-state index contributed by atoms with van der Waals surface area (Å²) in [5, 5.41) is 0. The minimum absolute atomic E-state index is 0.165. The molecule has 5 nitrogen and oxygen atoms in total. The van der Waals surface area contributed by atoms with Gasteiger partial charge in [0.1, 0.15) is 6.61 Å². The summed E-state index contributed by atoms with van der Waals surface area (Å²) in [5.74, 6) is -0.337. The van der Waals surface area contributed by atoms with Gasteiger partial charge in [0.15, 0.2) is 0 Å². The van der Waals surface area contributed by atoms with Crippen LogP contribution in [0.3, 0.4) is 0 Å². The SMILES string of the molecule is N[C@H]1CCCCN(C(=O)OCc2ccccc2)C1=O. The largest absolute Gasteiger partial charge is 0.444 e. The fourth-order valence-corrected chi connectivity index (χ4v) is 2.05. The average molecular weight is 262 g/mol. The first-order chi connectivity index (χ1) is 9.18. The van der Waals surface area contributed by atoms with Gasteiger partial charge in [0.05, 0.1) is 6.04 Å². The van der Waals surface area contributed by atoms with Crippen LogP contribution in [0.5, 0.6) is 0 Å². The predicted octanol–water partition coefficient (Wildman–Crippen LogP) is 1.66. The van der Waals surface area contributed by atoms with E-state index in [4.69, 9.17) is 10.5 Å². The molecule has 2 rings (SSSR count). The predicted molar refractivity (Wildman–Crippen MR) is 70.2 cm³/mol. The first-order valence-electron chi connectivity index (χ1n) is 6.46. The van der Waals surface area contributed by atoms with Crippen molar-refractivity contribution >= 4 is 12.0 Å². The summed E-state index contributed by atoms with van der Waals surface area (Å²) >= 11 is 0. The Morgan fingerprint density at radius 1 is 1.32 bits per heavy atom. The van der Waals surface area contributed by atoms with Gasteiger partial charge in [0.25, 0.3) is 0 Å². The lowest BCUT2D eigenvalue weighted by Gasteiger charge is -2.20. The molecule has 0 radical (unpaired) electrons. The van der Waals surface area contributed by atoms with Gasteiger partial charge >= 0.3 is 6.09 Å². The Morgan fingerprint density at radius 2 is 2.05 bits per heavy atom. The van der Waals surface area contributed by atoms with Crippen LogP contribution in [-0.4, -0.2) is 29.5 Å². The number of imide groups is 1. The molecular formula is C14H18N2O3. The molecule has 0 aromatic heterocycles. The van der Waals surface area contributed by atoms with Crippen LogP contribution in [0.15, 0.2) is 30.3 Å². The lowest BCUT2D eigenvalue weighted by Crippen LogP contribution is -2.45. The van der Waals surface area contributed by atoms with Crippen molar-refractivity contribution in [2.24, 2.45) is 5.73 Å². The monoisotopic (exact) mass is 262 g/mol. The number of carbonyl (C=O) groups excluding carboxylic acids is 2. The topological polar surface area (TPSA) is 72.6 Å². The molecule has 0 aliphatic carbocycles. The molecule has 2 N–H and O–H groups in total. The molecule has 1 aromatic carbocycles. The van der Waals surface area contributed by atoms with Crippen LogP contribution in [-0.2, 0) is 16.1 Å². The molecule has 1 heterocycles. The van der Waals surface area contributed by atoms with E-state index in [-0.39, 0.29) is 12.5 Å². The van der Waals surface area contributed by atoms with Crippen LogP contribution < -0.4 is 5.73 Å². The Kier molecular flexibility index (Phi) is 4.52. The molecule has 1 aliphatic heterocycles. The molecule has 102 valence electrons. The van der Waals surface area contributed by atoms with Gasteiger partial charge in [-0.25, -0.2) is 9.69 Å². The fourth-order valence-electron chi connectivity index (χ4n) is 2.05. The van der Waals surface area contributed by atoms with E-state index >= 15 is 0 Å². The molecule has 5 heteroatoms. The normalized spacial score (nSPS) is 19.9.